The summed E-state index contributed by atoms with van der Waals surface area (Å²) < 4.78 is 32.2. The van der Waals surface area contributed by atoms with Crippen LogP contribution >= 0.6 is 0 Å². The van der Waals surface area contributed by atoms with Gasteiger partial charge in [-0.2, -0.15) is 14.9 Å². The number of amides is 4. The van der Waals surface area contributed by atoms with Crippen molar-refractivity contribution in [1.29, 1.82) is 0 Å². The number of nitrogens with one attached hydrogen (secondary N) is 2. The van der Waals surface area contributed by atoms with Crippen LogP contribution in [0, 0.1) is 25.5 Å². The molecule has 0 aliphatic carbocycles. The highest BCUT2D eigenvalue weighted by atomic mass is 19.1. The lowest BCUT2D eigenvalue weighted by Gasteiger charge is -2.34. The normalized spacial score (nSPS) is 13.9. The number of nitrogens with zero attached hydrogens (tertiary/aromatic N) is 12. The highest BCUT2D eigenvalue weighted by Gasteiger charge is 2.33. The number of piperazine rings is 2. The fraction of sp³-hybridized carbons (Fsp3) is 0.217. The highest BCUT2D eigenvalue weighted by molar-refractivity contribution is 6.45. The van der Waals surface area contributed by atoms with Crippen LogP contribution in [0.15, 0.2) is 98.1 Å². The first-order valence-electron chi connectivity index (χ1n) is 21.3. The first kappa shape index (κ1) is 44.4. The number of pyridine rings is 2. The van der Waals surface area contributed by atoms with Gasteiger partial charge in [0.25, 0.3) is 35.2 Å². The monoisotopic (exact) mass is 922 g/mol. The molecule has 8 aromatic rings. The lowest BCUT2D eigenvalue weighted by molar-refractivity contribution is -0.128. The molecule has 4 amide bonds. The summed E-state index contributed by atoms with van der Waals surface area (Å²) >= 11 is 0. The van der Waals surface area contributed by atoms with E-state index < -0.39 is 35.0 Å². The third kappa shape index (κ3) is 8.45. The molecule has 20 nitrogen and oxygen atoms in total. The van der Waals surface area contributed by atoms with Gasteiger partial charge in [0.2, 0.25) is 0 Å². The Kier molecular flexibility index (Phi) is 12.1. The molecule has 2 aromatic carbocycles. The average molecular weight is 923 g/mol. The van der Waals surface area contributed by atoms with E-state index >= 15 is 0 Å². The molecule has 2 fully saturated rings. The Hall–Kier alpha value is -8.82. The van der Waals surface area contributed by atoms with Crippen molar-refractivity contribution in [2.75, 3.05) is 52.4 Å². The highest BCUT2D eigenvalue weighted by Crippen LogP contribution is 2.28. The first-order valence-corrected chi connectivity index (χ1v) is 21.3. The maximum Gasteiger partial charge on any atom is 0.295 e. The minimum atomic E-state index is -0.833. The number of aromatic nitrogens is 10. The minimum absolute atomic E-state index is 0.0314. The van der Waals surface area contributed by atoms with Crippen LogP contribution in [0.25, 0.3) is 33.4 Å². The SMILES string of the molecule is Cc1ncn(-c2ncc(F)c3c(C(=O)C(=O)N4CCN(C(=O)c5ccccc5)CC4)c[nH]c23)n1.Cc1ncnn1-c1ncc(F)c2c(C(=O)C(=O)N3CCN(C(=O)c4ccccc4)CC3)c[nH]c12. The molecular weight excluding hydrogens is 883 g/mol. The summed E-state index contributed by atoms with van der Waals surface area (Å²) in [4.78, 5) is 105. The Balaban J connectivity index is 0.000000170. The van der Waals surface area contributed by atoms with Gasteiger partial charge in [0.1, 0.15) is 24.3 Å². The van der Waals surface area contributed by atoms with E-state index in [2.05, 4.69) is 40.1 Å². The fourth-order valence-electron chi connectivity index (χ4n) is 8.11. The molecule has 2 aliphatic rings. The van der Waals surface area contributed by atoms with Gasteiger partial charge in [0.15, 0.2) is 23.3 Å². The van der Waals surface area contributed by atoms with Crippen molar-refractivity contribution in [3.05, 3.63) is 144 Å². The van der Waals surface area contributed by atoms with Crippen LogP contribution in [-0.4, -0.2) is 157 Å². The fourth-order valence-corrected chi connectivity index (χ4v) is 8.11. The molecular formula is C46H40F2N14O6. The summed E-state index contributed by atoms with van der Waals surface area (Å²) in [6.07, 6.45) is 7.35. The zero-order chi connectivity index (χ0) is 47.6. The van der Waals surface area contributed by atoms with Gasteiger partial charge in [0, 0.05) is 75.9 Å². The number of carbonyl (C=O) groups excluding carboxylic acids is 6. The standard InChI is InChI=1S/2C23H20FN7O3/c1-14-27-13-31(28-14)21-19-18(17(24)12-26-21)16(11-25-19)20(32)23(34)30-9-7-29(8-10-30)22(33)15-5-3-2-4-6-15;1-14-27-13-28-31(14)21-19-18(17(24)12-26-21)16(11-25-19)20(32)23(34)30-9-7-29(8-10-30)22(33)15-5-3-2-4-6-15/h2*2-6,11-13,25H,7-10H2,1H3. The van der Waals surface area contributed by atoms with E-state index in [0.717, 1.165) is 12.4 Å². The quantitative estimate of drug-likeness (QED) is 0.165. The molecule has 0 saturated carbocycles. The number of benzene rings is 2. The maximum absolute atomic E-state index is 14.7. The number of Topliss-reactive ketones (excluding diaryl/α,β-unsaturated/α-hetero) is 2. The van der Waals surface area contributed by atoms with Crippen LogP contribution in [0.5, 0.6) is 0 Å². The second-order valence-corrected chi connectivity index (χ2v) is 15.8. The van der Waals surface area contributed by atoms with E-state index in [9.17, 15) is 37.5 Å². The number of carbonyl (C=O) groups is 6. The molecule has 68 heavy (non-hydrogen) atoms. The Bertz CT molecular complexity index is 3240. The van der Waals surface area contributed by atoms with Gasteiger partial charge >= 0.3 is 0 Å². The third-order valence-electron chi connectivity index (χ3n) is 11.7. The van der Waals surface area contributed by atoms with E-state index in [1.807, 2.05) is 12.1 Å². The lowest BCUT2D eigenvalue weighted by Crippen LogP contribution is -2.52. The zero-order valence-electron chi connectivity index (χ0n) is 36.5. The molecule has 0 radical (unpaired) electrons. The van der Waals surface area contributed by atoms with Crippen LogP contribution in [-0.2, 0) is 9.59 Å². The number of H-pyrrole nitrogens is 2. The van der Waals surface area contributed by atoms with Crippen LogP contribution in [0.3, 0.4) is 0 Å². The van der Waals surface area contributed by atoms with Gasteiger partial charge in [0.05, 0.1) is 45.3 Å². The summed E-state index contributed by atoms with van der Waals surface area (Å²) in [5.41, 5.74) is 1.45. The van der Waals surface area contributed by atoms with Crippen molar-refractivity contribution in [3.8, 4) is 11.6 Å². The molecule has 0 spiro atoms. The Labute approximate surface area is 384 Å². The molecule has 344 valence electrons. The second kappa shape index (κ2) is 18.6. The number of halogens is 2. The predicted molar refractivity (Wildman–Crippen MR) is 238 cm³/mol. The smallest absolute Gasteiger partial charge is 0.295 e. The van der Waals surface area contributed by atoms with E-state index in [4.69, 9.17) is 0 Å². The predicted octanol–water partition coefficient (Wildman–Crippen LogP) is 3.52. The first-order chi connectivity index (χ1) is 32.9. The number of rotatable bonds is 8. The third-order valence-corrected chi connectivity index (χ3v) is 11.7. The number of fused-ring (bicyclic) bond motifs is 2. The van der Waals surface area contributed by atoms with Gasteiger partial charge in [-0.05, 0) is 38.1 Å². The zero-order valence-corrected chi connectivity index (χ0v) is 36.5. The van der Waals surface area contributed by atoms with Crippen molar-refractivity contribution in [2.24, 2.45) is 0 Å². The van der Waals surface area contributed by atoms with Crippen molar-refractivity contribution in [1.82, 2.24) is 69.1 Å². The topological polar surface area (TPSA) is 234 Å². The summed E-state index contributed by atoms with van der Waals surface area (Å²) in [6, 6.07) is 17.8. The maximum atomic E-state index is 14.7. The van der Waals surface area contributed by atoms with Gasteiger partial charge in [-0.1, -0.05) is 36.4 Å². The molecule has 0 atom stereocenters. The molecule has 8 heterocycles. The van der Waals surface area contributed by atoms with Crippen LogP contribution in [0.4, 0.5) is 8.78 Å². The van der Waals surface area contributed by atoms with Crippen molar-refractivity contribution < 1.29 is 37.5 Å². The van der Waals surface area contributed by atoms with E-state index in [-0.39, 0.29) is 82.6 Å². The Morgan fingerprint density at radius 1 is 0.559 bits per heavy atom. The Morgan fingerprint density at radius 3 is 1.43 bits per heavy atom. The number of aryl methyl sites for hydroxylation is 2. The van der Waals surface area contributed by atoms with Gasteiger partial charge in [-0.15, -0.1) is 0 Å². The largest absolute Gasteiger partial charge is 0.357 e. The average Bonchev–Trinajstić information content (AvgIpc) is 4.22. The molecule has 22 heteroatoms. The Morgan fingerprint density at radius 2 is 1.00 bits per heavy atom. The van der Waals surface area contributed by atoms with Crippen molar-refractivity contribution >= 4 is 57.0 Å². The molecule has 2 N–H and O–H groups in total. The van der Waals surface area contributed by atoms with Crippen molar-refractivity contribution in [2.45, 2.75) is 13.8 Å². The van der Waals surface area contributed by atoms with Crippen molar-refractivity contribution in [3.63, 3.8) is 0 Å². The van der Waals surface area contributed by atoms with Gasteiger partial charge in [-0.25, -0.2) is 33.4 Å². The molecule has 6 aromatic heterocycles. The summed E-state index contributed by atoms with van der Waals surface area (Å²) in [5, 5.41) is 8.19. The van der Waals surface area contributed by atoms with Crippen LogP contribution in [0.1, 0.15) is 53.1 Å². The summed E-state index contributed by atoms with van der Waals surface area (Å²) in [7, 11) is 0. The van der Waals surface area contributed by atoms with E-state index in [1.54, 1.807) is 72.2 Å². The summed E-state index contributed by atoms with van der Waals surface area (Å²) in [5.74, 6) is -3.31. The molecule has 10 rings (SSSR count). The molecule has 2 aliphatic heterocycles. The molecule has 2 saturated heterocycles. The minimum Gasteiger partial charge on any atom is -0.357 e. The van der Waals surface area contributed by atoms with E-state index in [0.29, 0.717) is 49.0 Å². The number of aromatic amines is 2. The van der Waals surface area contributed by atoms with Gasteiger partial charge in [-0.3, -0.25) is 28.8 Å². The number of hydrogen-bond donors (Lipinski definition) is 2. The summed E-state index contributed by atoms with van der Waals surface area (Å²) in [6.45, 7) is 5.44. The molecule has 0 unspecified atom stereocenters. The van der Waals surface area contributed by atoms with E-state index in [1.165, 1.54) is 44.2 Å². The number of ketones is 2. The van der Waals surface area contributed by atoms with Crippen LogP contribution < -0.4 is 0 Å². The second-order valence-electron chi connectivity index (χ2n) is 15.8. The lowest BCUT2D eigenvalue weighted by atomic mass is 10.1. The molecule has 0 bridgehead atoms. The number of hydrogen-bond acceptors (Lipinski definition) is 12. The van der Waals surface area contributed by atoms with Crippen LogP contribution in [0.2, 0.25) is 0 Å². The van der Waals surface area contributed by atoms with Gasteiger partial charge < -0.3 is 29.6 Å².